The van der Waals surface area contributed by atoms with Crippen molar-refractivity contribution in [3.05, 3.63) is 108 Å². The first-order valence-electron chi connectivity index (χ1n) is 23.6. The van der Waals surface area contributed by atoms with Crippen LogP contribution in [-0.2, 0) is 57.6 Å². The quantitative estimate of drug-likeness (QED) is 0.0267. The summed E-state index contributed by atoms with van der Waals surface area (Å²) in [6.45, 7) is 2.07. The van der Waals surface area contributed by atoms with Crippen LogP contribution in [0.2, 0.25) is 0 Å². The number of carbonyl (C=O) groups excluding carboxylic acids is 7. The van der Waals surface area contributed by atoms with E-state index in [1.807, 2.05) is 0 Å². The zero-order valence-electron chi connectivity index (χ0n) is 39.3. The molecule has 2 aliphatic heterocycles. The van der Waals surface area contributed by atoms with Gasteiger partial charge in [-0.15, -0.1) is 0 Å². The number of nitrogens with two attached hydrogens (primary N) is 2. The molecular formula is C49H66N12O9. The van der Waals surface area contributed by atoms with Crippen molar-refractivity contribution in [3.63, 3.8) is 0 Å². The molecule has 376 valence electrons. The van der Waals surface area contributed by atoms with Crippen molar-refractivity contribution in [2.24, 2.45) is 11.5 Å². The highest BCUT2D eigenvalue weighted by Crippen LogP contribution is 2.20. The summed E-state index contributed by atoms with van der Waals surface area (Å²) in [6.07, 6.45) is 2.62. The predicted molar refractivity (Wildman–Crippen MR) is 259 cm³/mol. The molecule has 2 fully saturated rings. The molecule has 2 saturated heterocycles. The van der Waals surface area contributed by atoms with Crippen LogP contribution in [0.1, 0.15) is 62.1 Å². The number of carboxylic acids is 1. The molecule has 0 aromatic heterocycles. The van der Waals surface area contributed by atoms with Crippen LogP contribution in [0.25, 0.3) is 0 Å². The minimum Gasteiger partial charge on any atom is -0.480 e. The standard InChI is InChI=1S/C49H66N12O9/c1-30(41(62)59-38(28-33-18-9-4-10-19-33)47(68)61-25-13-22-40(61)48(69)70)55-46(67)39(29-50)60-45(66)37(27-32-16-7-3-8-17-32)58-44(65)36(26-31-14-5-2-6-15-31)57-43(64)35(21-12-24-54-49(51)52)56-42(63)34-20-11-23-53-34/h2-10,14-19,30,34-40,53H,11-13,20-29,50H2,1H3,(H,55,67)(H,56,63)(H,57,64)(H,58,65)(H,59,62)(H,60,66)(H,69,70)(H4,51,52,54)/t30-,34-,35-,36-,37-,38-,39+,40+/m0/s1. The van der Waals surface area contributed by atoms with Crippen LogP contribution in [-0.4, -0.2) is 138 Å². The summed E-state index contributed by atoms with van der Waals surface area (Å²) in [4.78, 5) is 110. The summed E-state index contributed by atoms with van der Waals surface area (Å²) in [5.41, 5.74) is 13.5. The molecule has 0 radical (unpaired) electrons. The molecule has 3 aromatic carbocycles. The van der Waals surface area contributed by atoms with Gasteiger partial charge in [0.15, 0.2) is 5.96 Å². The van der Waals surface area contributed by atoms with Crippen LogP contribution >= 0.6 is 0 Å². The van der Waals surface area contributed by atoms with E-state index in [0.717, 1.165) is 6.42 Å². The number of carboxylic acid groups (broad SMARTS) is 1. The van der Waals surface area contributed by atoms with E-state index in [9.17, 15) is 43.5 Å². The molecule has 21 heteroatoms. The molecule has 14 N–H and O–H groups in total. The van der Waals surface area contributed by atoms with Crippen molar-refractivity contribution in [1.29, 1.82) is 5.41 Å². The Morgan fingerprint density at radius 2 is 1.14 bits per heavy atom. The summed E-state index contributed by atoms with van der Waals surface area (Å²) >= 11 is 0. The van der Waals surface area contributed by atoms with E-state index in [1.54, 1.807) is 91.0 Å². The second-order valence-electron chi connectivity index (χ2n) is 17.5. The Labute approximate surface area is 406 Å². The van der Waals surface area contributed by atoms with Crippen molar-refractivity contribution in [1.82, 2.24) is 47.4 Å². The van der Waals surface area contributed by atoms with E-state index in [1.165, 1.54) is 11.8 Å². The number of rotatable bonds is 25. The zero-order chi connectivity index (χ0) is 50.6. The predicted octanol–water partition coefficient (Wildman–Crippen LogP) is -1.31. The van der Waals surface area contributed by atoms with Gasteiger partial charge in [0.25, 0.3) is 0 Å². The number of benzene rings is 3. The molecule has 21 nitrogen and oxygen atoms in total. The molecule has 2 heterocycles. The fourth-order valence-electron chi connectivity index (χ4n) is 8.36. The van der Waals surface area contributed by atoms with Gasteiger partial charge in [-0.05, 0) is 68.7 Å². The third-order valence-corrected chi connectivity index (χ3v) is 12.2. The molecule has 3 aromatic rings. The molecule has 0 aliphatic carbocycles. The third kappa shape index (κ3) is 16.4. The third-order valence-electron chi connectivity index (χ3n) is 12.2. The highest BCUT2D eigenvalue weighted by Gasteiger charge is 2.39. The fraction of sp³-hybridized carbons (Fsp3) is 0.449. The van der Waals surface area contributed by atoms with Crippen LogP contribution < -0.4 is 54.0 Å². The second-order valence-corrected chi connectivity index (χ2v) is 17.5. The first-order valence-corrected chi connectivity index (χ1v) is 23.6. The maximum atomic E-state index is 14.4. The molecule has 5 rings (SSSR count). The van der Waals surface area contributed by atoms with Crippen molar-refractivity contribution in [2.45, 2.75) is 113 Å². The maximum Gasteiger partial charge on any atom is 0.326 e. The summed E-state index contributed by atoms with van der Waals surface area (Å²) in [6, 6.07) is 17.5. The largest absolute Gasteiger partial charge is 0.480 e. The molecule has 7 amide bonds. The topological polar surface area (TPSA) is 332 Å². The Morgan fingerprint density at radius 3 is 1.63 bits per heavy atom. The number of amides is 7. The molecule has 2 aliphatic rings. The summed E-state index contributed by atoms with van der Waals surface area (Å²) in [5.74, 6) is -6.12. The summed E-state index contributed by atoms with van der Waals surface area (Å²) < 4.78 is 0. The first kappa shape index (κ1) is 53.6. The molecule has 0 bridgehead atoms. The van der Waals surface area contributed by atoms with E-state index >= 15 is 0 Å². The molecule has 0 saturated carbocycles. The van der Waals surface area contributed by atoms with E-state index in [4.69, 9.17) is 16.9 Å². The van der Waals surface area contributed by atoms with E-state index < -0.39 is 96.3 Å². The number of hydrogen-bond acceptors (Lipinski definition) is 11. The lowest BCUT2D eigenvalue weighted by molar-refractivity contribution is -0.149. The van der Waals surface area contributed by atoms with Crippen LogP contribution in [0.5, 0.6) is 0 Å². The lowest BCUT2D eigenvalue weighted by Crippen LogP contribution is -2.61. The monoisotopic (exact) mass is 967 g/mol. The number of aliphatic carboxylic acids is 1. The number of nitrogens with zero attached hydrogens (tertiary/aromatic N) is 1. The number of likely N-dealkylation sites (tertiary alicyclic amines) is 1. The smallest absolute Gasteiger partial charge is 0.326 e. The Bertz CT molecular complexity index is 2270. The van der Waals surface area contributed by atoms with Crippen molar-refractivity contribution in [3.8, 4) is 0 Å². The van der Waals surface area contributed by atoms with Gasteiger partial charge in [0.05, 0.1) is 6.04 Å². The number of hydrogen-bond donors (Lipinski definition) is 12. The number of nitrogens with one attached hydrogen (secondary N) is 9. The van der Waals surface area contributed by atoms with E-state index in [0.29, 0.717) is 42.5 Å². The van der Waals surface area contributed by atoms with Crippen molar-refractivity contribution in [2.75, 3.05) is 26.2 Å². The minimum atomic E-state index is -1.41. The van der Waals surface area contributed by atoms with Gasteiger partial charge in [0.1, 0.15) is 42.3 Å². The van der Waals surface area contributed by atoms with Gasteiger partial charge in [-0.1, -0.05) is 91.0 Å². The second kappa shape index (κ2) is 27.0. The van der Waals surface area contributed by atoms with Crippen LogP contribution in [0, 0.1) is 5.41 Å². The summed E-state index contributed by atoms with van der Waals surface area (Å²) in [7, 11) is 0. The summed E-state index contributed by atoms with van der Waals surface area (Å²) in [5, 5.41) is 39.3. The Morgan fingerprint density at radius 1 is 0.657 bits per heavy atom. The molecule has 8 atom stereocenters. The van der Waals surface area contributed by atoms with Gasteiger partial charge in [-0.3, -0.25) is 39.0 Å². The molecule has 0 unspecified atom stereocenters. The Kier molecular flexibility index (Phi) is 20.6. The highest BCUT2D eigenvalue weighted by atomic mass is 16.4. The van der Waals surface area contributed by atoms with Gasteiger partial charge in [-0.2, -0.15) is 0 Å². The fourth-order valence-corrected chi connectivity index (χ4v) is 8.36. The lowest BCUT2D eigenvalue weighted by Gasteiger charge is -2.29. The Hall–Kier alpha value is -7.39. The number of guanidine groups is 1. The van der Waals surface area contributed by atoms with Crippen molar-refractivity contribution >= 4 is 53.3 Å². The van der Waals surface area contributed by atoms with Gasteiger partial charge in [-0.25, -0.2) is 4.79 Å². The van der Waals surface area contributed by atoms with Crippen LogP contribution in [0.3, 0.4) is 0 Å². The molecular weight excluding hydrogens is 901 g/mol. The SMILES string of the molecule is C[C@H](NC(=O)[C@@H](CN)NC(=O)[C@H](Cc1ccccc1)NC(=O)[C@H](Cc1ccccc1)NC(=O)[C@H](CCCNC(=N)N)NC(=O)[C@@H]1CCCN1)C(=O)N[C@@H](Cc1ccccc1)C(=O)N1CCC[C@@H]1C(=O)O. The van der Waals surface area contributed by atoms with Crippen LogP contribution in [0.15, 0.2) is 91.0 Å². The Balaban J connectivity index is 1.30. The average molecular weight is 967 g/mol. The first-order chi connectivity index (χ1) is 33.6. The zero-order valence-corrected chi connectivity index (χ0v) is 39.3. The van der Waals surface area contributed by atoms with Gasteiger partial charge in [0.2, 0.25) is 41.4 Å². The van der Waals surface area contributed by atoms with Crippen molar-refractivity contribution < 1.29 is 43.5 Å². The lowest BCUT2D eigenvalue weighted by atomic mass is 10.0. The highest BCUT2D eigenvalue weighted by molar-refractivity contribution is 5.98. The molecule has 70 heavy (non-hydrogen) atoms. The average Bonchev–Trinajstić information content (AvgIpc) is 4.08. The van der Waals surface area contributed by atoms with Crippen LogP contribution in [0.4, 0.5) is 0 Å². The van der Waals surface area contributed by atoms with Gasteiger partial charge < -0.3 is 64.0 Å². The number of carbonyl (C=O) groups is 8. The van der Waals surface area contributed by atoms with E-state index in [2.05, 4.69) is 42.5 Å². The minimum absolute atomic E-state index is 0.00140. The van der Waals surface area contributed by atoms with E-state index in [-0.39, 0.29) is 57.1 Å². The maximum absolute atomic E-state index is 14.4. The molecule has 0 spiro atoms. The normalized spacial score (nSPS) is 17.8. The van der Waals surface area contributed by atoms with Gasteiger partial charge >= 0.3 is 5.97 Å². The van der Waals surface area contributed by atoms with Gasteiger partial charge in [0, 0.05) is 38.9 Å².